The molecule has 0 unspecified atom stereocenters. The lowest BCUT2D eigenvalue weighted by Gasteiger charge is -2.08. The molecule has 15 heavy (non-hydrogen) atoms. The van der Waals surface area contributed by atoms with Crippen LogP contribution in [0.1, 0.15) is 0 Å². The van der Waals surface area contributed by atoms with E-state index in [-0.39, 0.29) is 13.2 Å². The van der Waals surface area contributed by atoms with Crippen LogP contribution in [0.25, 0.3) is 0 Å². The number of alkyl halides is 4. The first-order chi connectivity index (χ1) is 6.95. The van der Waals surface area contributed by atoms with E-state index in [1.54, 1.807) is 5.32 Å². The van der Waals surface area contributed by atoms with Crippen LogP contribution < -0.4 is 5.32 Å². The highest BCUT2D eigenvalue weighted by Gasteiger charge is 2.27. The molecule has 8 heteroatoms. The molecule has 0 aliphatic heterocycles. The molecule has 0 aromatic rings. The van der Waals surface area contributed by atoms with Crippen LogP contribution in [0.15, 0.2) is 0 Å². The minimum Gasteiger partial charge on any atom is -0.447 e. The molecule has 0 fully saturated rings. The quantitative estimate of drug-likeness (QED) is 0.574. The molecular weight excluding hydrogens is 239 g/mol. The summed E-state index contributed by atoms with van der Waals surface area (Å²) < 4.78 is 44.0. The van der Waals surface area contributed by atoms with Gasteiger partial charge in [-0.25, -0.2) is 4.79 Å². The van der Waals surface area contributed by atoms with Gasteiger partial charge in [-0.2, -0.15) is 13.2 Å². The minimum atomic E-state index is -4.44. The van der Waals surface area contributed by atoms with Crippen molar-refractivity contribution < 1.29 is 27.4 Å². The average Bonchev–Trinajstić information content (AvgIpc) is 2.13. The van der Waals surface area contributed by atoms with Crippen molar-refractivity contribution in [1.29, 1.82) is 0 Å². The zero-order chi connectivity index (χ0) is 11.7. The Balaban J connectivity index is 3.34. The SMILES string of the molecule is O=C(NCC(F)(F)F)OCCOCCCl. The molecule has 0 saturated carbocycles. The highest BCUT2D eigenvalue weighted by molar-refractivity contribution is 6.17. The third-order valence-electron chi connectivity index (χ3n) is 1.12. The topological polar surface area (TPSA) is 47.6 Å². The molecule has 90 valence electrons. The molecule has 0 saturated heterocycles. The van der Waals surface area contributed by atoms with Crippen molar-refractivity contribution in [3.8, 4) is 0 Å². The van der Waals surface area contributed by atoms with Crippen LogP contribution in [0.2, 0.25) is 0 Å². The van der Waals surface area contributed by atoms with Crippen LogP contribution >= 0.6 is 11.6 Å². The van der Waals surface area contributed by atoms with E-state index in [0.29, 0.717) is 12.5 Å². The van der Waals surface area contributed by atoms with E-state index in [4.69, 9.17) is 16.3 Å². The molecule has 0 aromatic heterocycles. The second-order valence-electron chi connectivity index (χ2n) is 2.41. The van der Waals surface area contributed by atoms with Gasteiger partial charge >= 0.3 is 12.3 Å². The third kappa shape index (κ3) is 11.2. The van der Waals surface area contributed by atoms with E-state index in [1.165, 1.54) is 0 Å². The fourth-order valence-corrected chi connectivity index (χ4v) is 0.682. The summed E-state index contributed by atoms with van der Waals surface area (Å²) in [6.07, 6.45) is -5.56. The lowest BCUT2D eigenvalue weighted by molar-refractivity contribution is -0.123. The largest absolute Gasteiger partial charge is 0.447 e. The van der Waals surface area contributed by atoms with Crippen LogP contribution in [0.3, 0.4) is 0 Å². The van der Waals surface area contributed by atoms with E-state index in [9.17, 15) is 18.0 Å². The molecule has 0 atom stereocenters. The van der Waals surface area contributed by atoms with E-state index < -0.39 is 18.8 Å². The zero-order valence-corrected chi connectivity index (χ0v) is 8.53. The van der Waals surface area contributed by atoms with Crippen LogP contribution in [0.4, 0.5) is 18.0 Å². The van der Waals surface area contributed by atoms with E-state index >= 15 is 0 Å². The van der Waals surface area contributed by atoms with Crippen molar-refractivity contribution in [3.05, 3.63) is 0 Å². The maximum Gasteiger partial charge on any atom is 0.407 e. The van der Waals surface area contributed by atoms with E-state index in [2.05, 4.69) is 4.74 Å². The average molecular weight is 250 g/mol. The summed E-state index contributed by atoms with van der Waals surface area (Å²) in [5, 5.41) is 1.55. The van der Waals surface area contributed by atoms with Gasteiger partial charge in [0.2, 0.25) is 0 Å². The van der Waals surface area contributed by atoms with Crippen molar-refractivity contribution in [2.24, 2.45) is 0 Å². The molecule has 1 N–H and O–H groups in total. The van der Waals surface area contributed by atoms with Crippen LogP contribution in [-0.2, 0) is 9.47 Å². The maximum absolute atomic E-state index is 11.6. The van der Waals surface area contributed by atoms with Gasteiger partial charge in [0.05, 0.1) is 13.2 Å². The number of nitrogens with one attached hydrogen (secondary N) is 1. The Labute approximate surface area is 89.7 Å². The van der Waals surface area contributed by atoms with Gasteiger partial charge in [0.25, 0.3) is 0 Å². The molecule has 0 aromatic carbocycles. The van der Waals surface area contributed by atoms with Gasteiger partial charge in [0.1, 0.15) is 13.2 Å². The van der Waals surface area contributed by atoms with Gasteiger partial charge in [-0.15, -0.1) is 11.6 Å². The summed E-state index contributed by atoms with van der Waals surface area (Å²) >= 11 is 5.27. The van der Waals surface area contributed by atoms with Crippen molar-refractivity contribution in [2.45, 2.75) is 6.18 Å². The maximum atomic E-state index is 11.6. The van der Waals surface area contributed by atoms with Gasteiger partial charge in [-0.3, -0.25) is 0 Å². The minimum absolute atomic E-state index is 0.103. The number of rotatable bonds is 6. The number of ether oxygens (including phenoxy) is 2. The first kappa shape index (κ1) is 14.3. The van der Waals surface area contributed by atoms with E-state index in [0.717, 1.165) is 0 Å². The fraction of sp³-hybridized carbons (Fsp3) is 0.857. The normalized spacial score (nSPS) is 11.2. The summed E-state index contributed by atoms with van der Waals surface area (Å²) in [6, 6.07) is 0. The Bertz CT molecular complexity index is 189. The van der Waals surface area contributed by atoms with Gasteiger partial charge in [0, 0.05) is 5.88 Å². The molecule has 0 radical (unpaired) electrons. The Morgan fingerprint density at radius 1 is 1.27 bits per heavy atom. The Morgan fingerprint density at radius 2 is 1.93 bits per heavy atom. The standard InChI is InChI=1S/C7H11ClF3NO3/c8-1-2-14-3-4-15-6(13)12-5-7(9,10)11/h1-5H2,(H,12,13). The first-order valence-corrected chi connectivity index (χ1v) is 4.60. The lowest BCUT2D eigenvalue weighted by atomic mass is 10.6. The highest BCUT2D eigenvalue weighted by Crippen LogP contribution is 2.11. The Hall–Kier alpha value is -0.690. The summed E-state index contributed by atoms with van der Waals surface area (Å²) in [6.45, 7) is -1.11. The molecule has 0 heterocycles. The van der Waals surface area contributed by atoms with Gasteiger partial charge in [0.15, 0.2) is 0 Å². The number of amides is 1. The second-order valence-corrected chi connectivity index (χ2v) is 2.78. The molecular formula is C7H11ClF3NO3. The Morgan fingerprint density at radius 3 is 2.47 bits per heavy atom. The lowest BCUT2D eigenvalue weighted by Crippen LogP contribution is -2.34. The van der Waals surface area contributed by atoms with Crippen LogP contribution in [0.5, 0.6) is 0 Å². The zero-order valence-electron chi connectivity index (χ0n) is 7.77. The van der Waals surface area contributed by atoms with Gasteiger partial charge in [-0.1, -0.05) is 0 Å². The molecule has 0 rings (SSSR count). The summed E-state index contributed by atoms with van der Waals surface area (Å²) in [5.41, 5.74) is 0. The predicted octanol–water partition coefficient (Wildman–Crippen LogP) is 1.53. The fourth-order valence-electron chi connectivity index (χ4n) is 0.573. The number of hydrogen-bond acceptors (Lipinski definition) is 3. The van der Waals surface area contributed by atoms with Crippen LogP contribution in [-0.4, -0.2) is 44.5 Å². The molecule has 0 spiro atoms. The Kier molecular flexibility index (Phi) is 7.23. The number of alkyl carbamates (subject to hydrolysis) is 1. The monoisotopic (exact) mass is 249 g/mol. The number of halogens is 4. The highest BCUT2D eigenvalue weighted by atomic mass is 35.5. The van der Waals surface area contributed by atoms with E-state index in [1.807, 2.05) is 0 Å². The molecule has 0 bridgehead atoms. The van der Waals surface area contributed by atoms with Crippen molar-refractivity contribution in [1.82, 2.24) is 5.32 Å². The molecule has 0 aliphatic carbocycles. The first-order valence-electron chi connectivity index (χ1n) is 4.07. The third-order valence-corrected chi connectivity index (χ3v) is 1.27. The van der Waals surface area contributed by atoms with Crippen LogP contribution in [0, 0.1) is 0 Å². The van der Waals surface area contributed by atoms with Gasteiger partial charge < -0.3 is 14.8 Å². The number of hydrogen-bond donors (Lipinski definition) is 1. The summed E-state index contributed by atoms with van der Waals surface area (Å²) in [7, 11) is 0. The molecule has 1 amide bonds. The predicted molar refractivity (Wildman–Crippen MR) is 46.9 cm³/mol. The number of carbonyl (C=O) groups is 1. The smallest absolute Gasteiger partial charge is 0.407 e. The summed E-state index contributed by atoms with van der Waals surface area (Å²) in [4.78, 5) is 10.6. The second kappa shape index (κ2) is 7.58. The summed E-state index contributed by atoms with van der Waals surface area (Å²) in [5.74, 6) is 0.306. The van der Waals surface area contributed by atoms with Crippen molar-refractivity contribution in [3.63, 3.8) is 0 Å². The molecule has 4 nitrogen and oxygen atoms in total. The number of carbonyl (C=O) groups excluding carboxylic acids is 1. The van der Waals surface area contributed by atoms with Crippen molar-refractivity contribution >= 4 is 17.7 Å². The van der Waals surface area contributed by atoms with Gasteiger partial charge in [-0.05, 0) is 0 Å². The van der Waals surface area contributed by atoms with Crippen molar-refractivity contribution in [2.75, 3.05) is 32.2 Å². The molecule has 0 aliphatic rings.